The number of nitrogens with one attached hydrogen (secondary N) is 1. The lowest BCUT2D eigenvalue weighted by molar-refractivity contribution is -0.120. The van der Waals surface area contributed by atoms with Crippen LogP contribution in [0.5, 0.6) is 5.75 Å². The first-order chi connectivity index (χ1) is 13.4. The Morgan fingerprint density at radius 1 is 1.32 bits per heavy atom. The molecule has 7 nitrogen and oxygen atoms in total. The molecule has 3 unspecified atom stereocenters. The predicted octanol–water partition coefficient (Wildman–Crippen LogP) is 2.74. The number of nitrogens with zero attached hydrogens (tertiary/aromatic N) is 3. The van der Waals surface area contributed by atoms with Gasteiger partial charge in [0.25, 0.3) is 0 Å². The molecule has 1 amide bonds. The Bertz CT molecular complexity index is 798. The lowest BCUT2D eigenvalue weighted by Gasteiger charge is -2.34. The highest BCUT2D eigenvalue weighted by molar-refractivity contribution is 7.99. The Hall–Kier alpha value is -2.29. The largest absolute Gasteiger partial charge is 0.486 e. The second-order valence-corrected chi connectivity index (χ2v) is 8.18. The van der Waals surface area contributed by atoms with Gasteiger partial charge in [-0.05, 0) is 42.5 Å². The third-order valence-electron chi connectivity index (χ3n) is 5.30. The molecule has 1 aliphatic rings. The molecule has 152 valence electrons. The SMILES string of the molecule is CC1CCCC(NC(=O)CSc2nnc(COc3ccc(F)cc3)n2N)C1C. The molecule has 1 saturated carbocycles. The maximum absolute atomic E-state index is 12.9. The smallest absolute Gasteiger partial charge is 0.230 e. The van der Waals surface area contributed by atoms with Crippen LogP contribution in [0.4, 0.5) is 4.39 Å². The van der Waals surface area contributed by atoms with E-state index in [1.165, 1.54) is 47.1 Å². The van der Waals surface area contributed by atoms with Gasteiger partial charge in [0, 0.05) is 6.04 Å². The van der Waals surface area contributed by atoms with Crippen molar-refractivity contribution in [1.29, 1.82) is 0 Å². The lowest BCUT2D eigenvalue weighted by atomic mass is 9.78. The standard InChI is InChI=1S/C19H26FN5O2S/c1-12-4-3-5-16(13(12)2)22-18(26)11-28-19-24-23-17(25(19)21)10-27-15-8-6-14(20)7-9-15/h6-9,12-13,16H,3-5,10-11,21H2,1-2H3,(H,22,26). The normalized spacial score (nSPS) is 22.0. The molecule has 3 atom stereocenters. The van der Waals surface area contributed by atoms with E-state index < -0.39 is 0 Å². The van der Waals surface area contributed by atoms with Crippen molar-refractivity contribution in [1.82, 2.24) is 20.2 Å². The van der Waals surface area contributed by atoms with E-state index in [0.29, 0.717) is 28.6 Å². The summed E-state index contributed by atoms with van der Waals surface area (Å²) in [5.41, 5.74) is 0. The highest BCUT2D eigenvalue weighted by Crippen LogP contribution is 2.29. The number of nitrogen functional groups attached to an aromatic ring is 1. The van der Waals surface area contributed by atoms with Gasteiger partial charge in [-0.1, -0.05) is 38.5 Å². The molecular formula is C19H26FN5O2S. The number of carbonyl (C=O) groups excluding carboxylic acids is 1. The number of hydrogen-bond acceptors (Lipinski definition) is 6. The van der Waals surface area contributed by atoms with Gasteiger partial charge >= 0.3 is 0 Å². The van der Waals surface area contributed by atoms with Crippen LogP contribution in [0.2, 0.25) is 0 Å². The van der Waals surface area contributed by atoms with Gasteiger partial charge in [0.15, 0.2) is 5.82 Å². The van der Waals surface area contributed by atoms with Crippen molar-refractivity contribution < 1.29 is 13.9 Å². The summed E-state index contributed by atoms with van der Waals surface area (Å²) in [5, 5.41) is 11.6. The number of hydrogen-bond donors (Lipinski definition) is 2. The molecule has 1 aliphatic carbocycles. The Morgan fingerprint density at radius 3 is 2.82 bits per heavy atom. The van der Waals surface area contributed by atoms with Crippen LogP contribution in [0.15, 0.2) is 29.4 Å². The number of amides is 1. The van der Waals surface area contributed by atoms with Crippen molar-refractivity contribution in [2.75, 3.05) is 11.6 Å². The summed E-state index contributed by atoms with van der Waals surface area (Å²) in [5.74, 6) is 7.91. The van der Waals surface area contributed by atoms with E-state index in [-0.39, 0.29) is 30.1 Å². The quantitative estimate of drug-likeness (QED) is 0.541. The average Bonchev–Trinajstić information content (AvgIpc) is 3.03. The van der Waals surface area contributed by atoms with Gasteiger partial charge in [-0.3, -0.25) is 4.79 Å². The highest BCUT2D eigenvalue weighted by atomic mass is 32.2. The van der Waals surface area contributed by atoms with Crippen molar-refractivity contribution in [2.45, 2.75) is 50.9 Å². The number of halogens is 1. The molecular weight excluding hydrogens is 381 g/mol. The van der Waals surface area contributed by atoms with Crippen molar-refractivity contribution in [3.05, 3.63) is 35.9 Å². The van der Waals surface area contributed by atoms with Gasteiger partial charge in [-0.15, -0.1) is 10.2 Å². The van der Waals surface area contributed by atoms with Crippen molar-refractivity contribution in [2.24, 2.45) is 11.8 Å². The minimum Gasteiger partial charge on any atom is -0.486 e. The average molecular weight is 408 g/mol. The number of benzene rings is 1. The second kappa shape index (κ2) is 9.27. The lowest BCUT2D eigenvalue weighted by Crippen LogP contribution is -2.44. The van der Waals surface area contributed by atoms with Crippen LogP contribution in [-0.2, 0) is 11.4 Å². The van der Waals surface area contributed by atoms with Crippen LogP contribution in [0.3, 0.4) is 0 Å². The minimum absolute atomic E-state index is 0.0249. The monoisotopic (exact) mass is 407 g/mol. The number of ether oxygens (including phenoxy) is 1. The fraction of sp³-hybridized carbons (Fsp3) is 0.526. The summed E-state index contributed by atoms with van der Waals surface area (Å²) < 4.78 is 19.8. The summed E-state index contributed by atoms with van der Waals surface area (Å²) in [7, 11) is 0. The van der Waals surface area contributed by atoms with E-state index in [1.54, 1.807) is 0 Å². The molecule has 1 fully saturated rings. The van der Waals surface area contributed by atoms with Crippen molar-refractivity contribution in [3.63, 3.8) is 0 Å². The molecule has 0 radical (unpaired) electrons. The fourth-order valence-corrected chi connectivity index (χ4v) is 4.03. The first-order valence-corrected chi connectivity index (χ1v) is 10.4. The van der Waals surface area contributed by atoms with E-state index >= 15 is 0 Å². The summed E-state index contributed by atoms with van der Waals surface area (Å²) in [4.78, 5) is 12.3. The fourth-order valence-electron chi connectivity index (χ4n) is 3.35. The zero-order chi connectivity index (χ0) is 20.1. The molecule has 0 bridgehead atoms. The van der Waals surface area contributed by atoms with Crippen LogP contribution in [0.25, 0.3) is 0 Å². The minimum atomic E-state index is -0.330. The number of nitrogens with two attached hydrogens (primary N) is 1. The number of carbonyl (C=O) groups is 1. The first kappa shape index (κ1) is 20.4. The predicted molar refractivity (Wildman–Crippen MR) is 106 cm³/mol. The maximum Gasteiger partial charge on any atom is 0.230 e. The zero-order valence-corrected chi connectivity index (χ0v) is 16.9. The van der Waals surface area contributed by atoms with E-state index in [2.05, 4.69) is 29.4 Å². The molecule has 1 aromatic carbocycles. The Balaban J connectivity index is 1.48. The highest BCUT2D eigenvalue weighted by Gasteiger charge is 2.28. The van der Waals surface area contributed by atoms with E-state index in [4.69, 9.17) is 10.6 Å². The Morgan fingerprint density at radius 2 is 2.07 bits per heavy atom. The van der Waals surface area contributed by atoms with Crippen molar-refractivity contribution in [3.8, 4) is 5.75 Å². The maximum atomic E-state index is 12.9. The number of thioether (sulfide) groups is 1. The molecule has 3 N–H and O–H groups in total. The second-order valence-electron chi connectivity index (χ2n) is 7.24. The zero-order valence-electron chi connectivity index (χ0n) is 16.1. The molecule has 0 spiro atoms. The van der Waals surface area contributed by atoms with E-state index in [9.17, 15) is 9.18 Å². The summed E-state index contributed by atoms with van der Waals surface area (Å²) in [6, 6.07) is 5.92. The van der Waals surface area contributed by atoms with Crippen LogP contribution in [0, 0.1) is 17.7 Å². The molecule has 0 aliphatic heterocycles. The van der Waals surface area contributed by atoms with Gasteiger partial charge in [-0.2, -0.15) is 0 Å². The topological polar surface area (TPSA) is 95.1 Å². The summed E-state index contributed by atoms with van der Waals surface area (Å²) >= 11 is 1.24. The van der Waals surface area contributed by atoms with Gasteiger partial charge in [0.2, 0.25) is 11.1 Å². The Labute approximate surface area is 168 Å². The van der Waals surface area contributed by atoms with Gasteiger partial charge in [0.05, 0.1) is 5.75 Å². The van der Waals surface area contributed by atoms with E-state index in [0.717, 1.165) is 12.8 Å². The molecule has 9 heteroatoms. The third kappa shape index (κ3) is 5.15. The number of rotatable bonds is 7. The Kier molecular flexibility index (Phi) is 6.77. The summed E-state index contributed by atoms with van der Waals surface area (Å²) in [6.07, 6.45) is 3.40. The molecule has 1 aromatic heterocycles. The van der Waals surface area contributed by atoms with Crippen LogP contribution < -0.4 is 15.9 Å². The van der Waals surface area contributed by atoms with E-state index in [1.807, 2.05) is 0 Å². The molecule has 3 rings (SSSR count). The molecule has 2 aromatic rings. The van der Waals surface area contributed by atoms with Gasteiger partial charge in [0.1, 0.15) is 18.2 Å². The third-order valence-corrected chi connectivity index (χ3v) is 6.25. The summed E-state index contributed by atoms with van der Waals surface area (Å²) in [6.45, 7) is 4.54. The molecule has 1 heterocycles. The number of aromatic nitrogens is 3. The van der Waals surface area contributed by atoms with Crippen LogP contribution >= 0.6 is 11.8 Å². The molecule has 28 heavy (non-hydrogen) atoms. The van der Waals surface area contributed by atoms with Crippen molar-refractivity contribution >= 4 is 17.7 Å². The molecule has 0 saturated heterocycles. The van der Waals surface area contributed by atoms with Crippen LogP contribution in [0.1, 0.15) is 38.9 Å². The van der Waals surface area contributed by atoms with Gasteiger partial charge < -0.3 is 15.9 Å². The van der Waals surface area contributed by atoms with Gasteiger partial charge in [-0.25, -0.2) is 9.07 Å². The first-order valence-electron chi connectivity index (χ1n) is 9.44. The van der Waals surface area contributed by atoms with Crippen LogP contribution in [-0.4, -0.2) is 32.6 Å².